The number of aliphatic hydroxyl groups excluding tert-OH is 1. The first-order valence-corrected chi connectivity index (χ1v) is 5.26. The van der Waals surface area contributed by atoms with E-state index in [1.54, 1.807) is 0 Å². The second-order valence-corrected chi connectivity index (χ2v) is 3.59. The van der Waals surface area contributed by atoms with Crippen molar-refractivity contribution in [2.24, 2.45) is 0 Å². The molecular formula is C12H13N3O2. The predicted molar refractivity (Wildman–Crippen MR) is 64.7 cm³/mol. The summed E-state index contributed by atoms with van der Waals surface area (Å²) in [6, 6.07) is 10.6. The quantitative estimate of drug-likeness (QED) is 0.731. The van der Waals surface area contributed by atoms with Crippen LogP contribution in [0, 0.1) is 0 Å². The van der Waals surface area contributed by atoms with Gasteiger partial charge in [-0.2, -0.15) is 0 Å². The van der Waals surface area contributed by atoms with E-state index in [-0.39, 0.29) is 18.2 Å². The molecule has 0 fully saturated rings. The van der Waals surface area contributed by atoms with Gasteiger partial charge >= 0.3 is 0 Å². The van der Waals surface area contributed by atoms with Gasteiger partial charge in [0, 0.05) is 6.07 Å². The van der Waals surface area contributed by atoms with E-state index in [0.29, 0.717) is 5.82 Å². The Labute approximate surface area is 98.2 Å². The van der Waals surface area contributed by atoms with Gasteiger partial charge in [-0.1, -0.05) is 30.3 Å². The smallest absolute Gasteiger partial charge is 0.252 e. The molecule has 17 heavy (non-hydrogen) atoms. The molecule has 0 bridgehead atoms. The van der Waals surface area contributed by atoms with Gasteiger partial charge < -0.3 is 15.4 Å². The minimum Gasteiger partial charge on any atom is -0.394 e. The number of hydrogen-bond donors (Lipinski definition) is 3. The fourth-order valence-electron chi connectivity index (χ4n) is 1.55. The lowest BCUT2D eigenvalue weighted by Crippen LogP contribution is -2.17. The van der Waals surface area contributed by atoms with Crippen molar-refractivity contribution in [2.45, 2.75) is 6.04 Å². The number of anilines is 1. The molecule has 1 aromatic carbocycles. The molecule has 0 aliphatic heterocycles. The molecule has 1 unspecified atom stereocenters. The minimum absolute atomic E-state index is 0.0709. The van der Waals surface area contributed by atoms with Gasteiger partial charge in [0.15, 0.2) is 0 Å². The van der Waals surface area contributed by atoms with E-state index < -0.39 is 0 Å². The number of aromatic nitrogens is 2. The molecule has 1 heterocycles. The van der Waals surface area contributed by atoms with Gasteiger partial charge in [0.05, 0.1) is 19.0 Å². The highest BCUT2D eigenvalue weighted by atomic mass is 16.3. The Morgan fingerprint density at radius 1 is 1.35 bits per heavy atom. The molecule has 0 saturated carbocycles. The number of hydrogen-bond acceptors (Lipinski definition) is 4. The fraction of sp³-hybridized carbons (Fsp3) is 0.167. The van der Waals surface area contributed by atoms with Crippen molar-refractivity contribution in [3.8, 4) is 0 Å². The topological polar surface area (TPSA) is 78.0 Å². The molecule has 0 radical (unpaired) electrons. The highest BCUT2D eigenvalue weighted by Gasteiger charge is 2.10. The van der Waals surface area contributed by atoms with Crippen molar-refractivity contribution in [3.05, 3.63) is 58.6 Å². The Bertz CT molecular complexity index is 525. The van der Waals surface area contributed by atoms with Crippen LogP contribution in [0.25, 0.3) is 0 Å². The van der Waals surface area contributed by atoms with Crippen molar-refractivity contribution in [2.75, 3.05) is 11.9 Å². The summed E-state index contributed by atoms with van der Waals surface area (Å²) in [6.45, 7) is -0.0709. The average molecular weight is 231 g/mol. The molecule has 1 atom stereocenters. The monoisotopic (exact) mass is 231 g/mol. The Morgan fingerprint density at radius 2 is 2.12 bits per heavy atom. The molecule has 3 N–H and O–H groups in total. The summed E-state index contributed by atoms with van der Waals surface area (Å²) in [5.41, 5.74) is 0.712. The second kappa shape index (κ2) is 5.27. The number of aromatic amines is 1. The van der Waals surface area contributed by atoms with Crippen molar-refractivity contribution < 1.29 is 5.11 Å². The molecular weight excluding hydrogens is 218 g/mol. The standard InChI is InChI=1S/C12H13N3O2/c16-7-10(9-4-2-1-3-5-9)15-11-6-12(17)14-8-13-11/h1-6,8,10,16H,7H2,(H2,13,14,15,17). The lowest BCUT2D eigenvalue weighted by molar-refractivity contribution is 0.276. The van der Waals surface area contributed by atoms with Crippen LogP contribution in [0.15, 0.2) is 47.5 Å². The third-order valence-electron chi connectivity index (χ3n) is 2.38. The number of rotatable bonds is 4. The molecule has 0 aliphatic carbocycles. The molecule has 2 aromatic rings. The molecule has 2 rings (SSSR count). The van der Waals surface area contributed by atoms with Crippen molar-refractivity contribution in [1.29, 1.82) is 0 Å². The van der Waals surface area contributed by atoms with E-state index in [1.165, 1.54) is 12.4 Å². The van der Waals surface area contributed by atoms with Crippen LogP contribution in [0.5, 0.6) is 0 Å². The number of aliphatic hydroxyl groups is 1. The van der Waals surface area contributed by atoms with E-state index >= 15 is 0 Å². The number of H-pyrrole nitrogens is 1. The van der Waals surface area contributed by atoms with Gasteiger partial charge in [-0.15, -0.1) is 0 Å². The van der Waals surface area contributed by atoms with Crippen LogP contribution in [-0.2, 0) is 0 Å². The molecule has 0 saturated heterocycles. The van der Waals surface area contributed by atoms with Crippen LogP contribution in [0.2, 0.25) is 0 Å². The molecule has 88 valence electrons. The van der Waals surface area contributed by atoms with Gasteiger partial charge in [-0.05, 0) is 5.56 Å². The Hall–Kier alpha value is -2.14. The first-order chi connectivity index (χ1) is 8.29. The highest BCUT2D eigenvalue weighted by Crippen LogP contribution is 2.16. The maximum absolute atomic E-state index is 11.1. The Balaban J connectivity index is 2.19. The number of nitrogens with zero attached hydrogens (tertiary/aromatic N) is 1. The summed E-state index contributed by atoms with van der Waals surface area (Å²) >= 11 is 0. The molecule has 0 spiro atoms. The molecule has 0 aliphatic rings. The van der Waals surface area contributed by atoms with Gasteiger partial charge in [0.25, 0.3) is 5.56 Å². The summed E-state index contributed by atoms with van der Waals surface area (Å²) in [5.74, 6) is 0.441. The van der Waals surface area contributed by atoms with Crippen molar-refractivity contribution >= 4 is 5.82 Å². The zero-order valence-electron chi connectivity index (χ0n) is 9.13. The lowest BCUT2D eigenvalue weighted by Gasteiger charge is -2.16. The fourth-order valence-corrected chi connectivity index (χ4v) is 1.55. The maximum Gasteiger partial charge on any atom is 0.252 e. The normalized spacial score (nSPS) is 12.1. The summed E-state index contributed by atoms with van der Waals surface area (Å²) in [7, 11) is 0. The third kappa shape index (κ3) is 2.92. The van der Waals surface area contributed by atoms with E-state index in [2.05, 4.69) is 15.3 Å². The van der Waals surface area contributed by atoms with Crippen LogP contribution in [0.4, 0.5) is 5.82 Å². The van der Waals surface area contributed by atoms with Crippen LogP contribution >= 0.6 is 0 Å². The first kappa shape index (κ1) is 11.3. The zero-order chi connectivity index (χ0) is 12.1. The van der Waals surface area contributed by atoms with Crippen LogP contribution < -0.4 is 10.9 Å². The van der Waals surface area contributed by atoms with E-state index in [1.807, 2.05) is 30.3 Å². The molecule has 5 nitrogen and oxygen atoms in total. The van der Waals surface area contributed by atoms with Crippen molar-refractivity contribution in [1.82, 2.24) is 9.97 Å². The third-order valence-corrected chi connectivity index (χ3v) is 2.38. The molecule has 5 heteroatoms. The van der Waals surface area contributed by atoms with Crippen LogP contribution in [0.3, 0.4) is 0 Å². The van der Waals surface area contributed by atoms with E-state index in [4.69, 9.17) is 0 Å². The summed E-state index contributed by atoms with van der Waals surface area (Å²) < 4.78 is 0. The maximum atomic E-state index is 11.1. The van der Waals surface area contributed by atoms with E-state index in [0.717, 1.165) is 5.56 Å². The SMILES string of the molecule is O=c1cc(NC(CO)c2ccccc2)nc[nH]1. The van der Waals surface area contributed by atoms with Crippen molar-refractivity contribution in [3.63, 3.8) is 0 Å². The molecule has 1 aromatic heterocycles. The summed E-state index contributed by atoms with van der Waals surface area (Å²) in [6.07, 6.45) is 1.32. The highest BCUT2D eigenvalue weighted by molar-refractivity contribution is 5.36. The van der Waals surface area contributed by atoms with Crippen LogP contribution in [-0.4, -0.2) is 21.7 Å². The van der Waals surface area contributed by atoms with Gasteiger partial charge in [-0.3, -0.25) is 4.79 Å². The van der Waals surface area contributed by atoms with Gasteiger partial charge in [0.1, 0.15) is 5.82 Å². The first-order valence-electron chi connectivity index (χ1n) is 5.26. The Kier molecular flexibility index (Phi) is 3.52. The van der Waals surface area contributed by atoms with Gasteiger partial charge in [0.2, 0.25) is 0 Å². The predicted octanol–water partition coefficient (Wildman–Crippen LogP) is 0.915. The summed E-state index contributed by atoms with van der Waals surface area (Å²) in [4.78, 5) is 17.5. The number of nitrogens with one attached hydrogen (secondary N) is 2. The lowest BCUT2D eigenvalue weighted by atomic mass is 10.1. The largest absolute Gasteiger partial charge is 0.394 e. The number of benzene rings is 1. The van der Waals surface area contributed by atoms with Crippen LogP contribution in [0.1, 0.15) is 11.6 Å². The molecule has 0 amide bonds. The Morgan fingerprint density at radius 3 is 2.76 bits per heavy atom. The minimum atomic E-state index is -0.273. The zero-order valence-corrected chi connectivity index (χ0v) is 9.13. The van der Waals surface area contributed by atoms with Gasteiger partial charge in [-0.25, -0.2) is 4.98 Å². The van der Waals surface area contributed by atoms with E-state index in [9.17, 15) is 9.90 Å². The second-order valence-electron chi connectivity index (χ2n) is 3.59. The summed E-state index contributed by atoms with van der Waals surface area (Å²) in [5, 5.41) is 12.3. The average Bonchev–Trinajstić information content (AvgIpc) is 2.37.